The van der Waals surface area contributed by atoms with Crippen molar-refractivity contribution in [1.29, 1.82) is 0 Å². The van der Waals surface area contributed by atoms with E-state index in [0.29, 0.717) is 67.8 Å². The number of imide groups is 2. The third-order valence-corrected chi connectivity index (χ3v) is 10.2. The van der Waals surface area contributed by atoms with E-state index < -0.39 is 47.5 Å². The predicted molar refractivity (Wildman–Crippen MR) is 216 cm³/mol. The number of amides is 5. The van der Waals surface area contributed by atoms with Crippen molar-refractivity contribution in [3.63, 3.8) is 0 Å². The van der Waals surface area contributed by atoms with Crippen LogP contribution in [-0.4, -0.2) is 85.0 Å². The summed E-state index contributed by atoms with van der Waals surface area (Å²) >= 11 is 0. The van der Waals surface area contributed by atoms with Gasteiger partial charge in [-0.1, -0.05) is 42.5 Å². The van der Waals surface area contributed by atoms with Crippen LogP contribution >= 0.6 is 0 Å². The highest BCUT2D eigenvalue weighted by Gasteiger charge is 2.44. The summed E-state index contributed by atoms with van der Waals surface area (Å²) in [5.74, 6) is -1.90. The molecule has 7 rings (SSSR count). The average molecular weight is 823 g/mol. The molecule has 1 aromatic heterocycles. The highest BCUT2D eigenvalue weighted by Crippen LogP contribution is 2.34. The minimum atomic E-state index is -4.42. The Hall–Kier alpha value is -6.65. The molecule has 5 aromatic rings. The molecule has 2 aliphatic heterocycles. The maximum atomic E-state index is 13.3. The molecule has 4 N–H and O–H groups in total. The maximum absolute atomic E-state index is 13.3. The number of carbonyl (C=O) groups is 5. The predicted octanol–water partition coefficient (Wildman–Crippen LogP) is 6.37. The van der Waals surface area contributed by atoms with E-state index in [9.17, 15) is 37.1 Å². The van der Waals surface area contributed by atoms with E-state index in [4.69, 9.17) is 9.47 Å². The molecule has 0 radical (unpaired) electrons. The van der Waals surface area contributed by atoms with E-state index in [2.05, 4.69) is 26.3 Å². The molecule has 3 heterocycles. The standard InChI is InChI=1S/C44H41F3N6O7/c1-26(50-40(55)29-10-14-33-28(24-29)4-2-5-32(33)27-8-11-30(12-9-27)44(45,46)47)36-6-3-7-38(51-36)49-19-21-60-23-22-59-20-18-48-31-13-15-34-35(25-31)43(58)53(42(34)57)37-16-17-39(54)52-41(37)56/h2-15,24-26,37,48H,16-23H2,1H3,(H,49,51)(H,50,55)(H,52,54,56)/t26-,37?/m0/s1. The molecule has 60 heavy (non-hydrogen) atoms. The molecule has 1 saturated heterocycles. The van der Waals surface area contributed by atoms with Gasteiger partial charge in [-0.2, -0.15) is 13.2 Å². The van der Waals surface area contributed by atoms with Gasteiger partial charge in [0.2, 0.25) is 11.8 Å². The van der Waals surface area contributed by atoms with Crippen LogP contribution in [0.2, 0.25) is 0 Å². The second-order valence-corrected chi connectivity index (χ2v) is 14.2. The summed E-state index contributed by atoms with van der Waals surface area (Å²) in [6.07, 6.45) is -4.27. The lowest BCUT2D eigenvalue weighted by Crippen LogP contribution is -2.54. The van der Waals surface area contributed by atoms with Gasteiger partial charge >= 0.3 is 6.18 Å². The second kappa shape index (κ2) is 18.1. The summed E-state index contributed by atoms with van der Waals surface area (Å²) in [4.78, 5) is 68.5. The third kappa shape index (κ3) is 9.45. The van der Waals surface area contributed by atoms with E-state index >= 15 is 0 Å². The summed E-state index contributed by atoms with van der Waals surface area (Å²) < 4.78 is 50.5. The lowest BCUT2D eigenvalue weighted by Gasteiger charge is -2.27. The van der Waals surface area contributed by atoms with Crippen LogP contribution in [0.4, 0.5) is 24.7 Å². The fourth-order valence-corrected chi connectivity index (χ4v) is 7.08. The zero-order chi connectivity index (χ0) is 42.4. The number of anilines is 2. The molecule has 0 spiro atoms. The van der Waals surface area contributed by atoms with Gasteiger partial charge in [0, 0.05) is 30.8 Å². The fourth-order valence-electron chi connectivity index (χ4n) is 7.08. The summed E-state index contributed by atoms with van der Waals surface area (Å²) in [5, 5.41) is 13.1. The minimum absolute atomic E-state index is 0.0533. The Labute approximate surface area is 342 Å². The van der Waals surface area contributed by atoms with Crippen molar-refractivity contribution >= 4 is 51.8 Å². The molecule has 5 amide bonds. The van der Waals surface area contributed by atoms with Gasteiger partial charge in [-0.3, -0.25) is 34.2 Å². The number of nitrogens with one attached hydrogen (secondary N) is 4. The first-order chi connectivity index (χ1) is 28.9. The Morgan fingerprint density at radius 3 is 2.27 bits per heavy atom. The number of nitrogens with zero attached hydrogens (tertiary/aromatic N) is 2. The first kappa shape index (κ1) is 41.5. The quantitative estimate of drug-likeness (QED) is 0.0649. The van der Waals surface area contributed by atoms with Crippen LogP contribution < -0.4 is 21.3 Å². The molecule has 2 atom stereocenters. The van der Waals surface area contributed by atoms with Gasteiger partial charge in [-0.05, 0) is 89.8 Å². The molecule has 0 bridgehead atoms. The highest BCUT2D eigenvalue weighted by molar-refractivity contribution is 6.23. The van der Waals surface area contributed by atoms with Gasteiger partial charge in [-0.15, -0.1) is 0 Å². The molecular weight excluding hydrogens is 782 g/mol. The Bertz CT molecular complexity index is 2440. The number of aromatic nitrogens is 1. The highest BCUT2D eigenvalue weighted by atomic mass is 19.4. The van der Waals surface area contributed by atoms with E-state index in [1.165, 1.54) is 12.1 Å². The monoisotopic (exact) mass is 822 g/mol. The van der Waals surface area contributed by atoms with Crippen molar-refractivity contribution in [3.05, 3.63) is 125 Å². The van der Waals surface area contributed by atoms with Crippen molar-refractivity contribution in [2.75, 3.05) is 50.2 Å². The molecule has 13 nitrogen and oxygen atoms in total. The van der Waals surface area contributed by atoms with E-state index in [-0.39, 0.29) is 29.9 Å². The van der Waals surface area contributed by atoms with Crippen molar-refractivity contribution in [3.8, 4) is 11.1 Å². The number of carbonyl (C=O) groups excluding carboxylic acids is 5. The van der Waals surface area contributed by atoms with Crippen molar-refractivity contribution in [2.45, 2.75) is 38.0 Å². The summed E-state index contributed by atoms with van der Waals surface area (Å²) in [6.45, 7) is 4.19. The first-order valence-corrected chi connectivity index (χ1v) is 19.3. The third-order valence-electron chi connectivity index (χ3n) is 10.2. The number of alkyl halides is 3. The van der Waals surface area contributed by atoms with Crippen LogP contribution in [0, 0.1) is 0 Å². The van der Waals surface area contributed by atoms with Gasteiger partial charge in [0.25, 0.3) is 17.7 Å². The molecule has 0 saturated carbocycles. The van der Waals surface area contributed by atoms with Crippen LogP contribution in [0.3, 0.4) is 0 Å². The summed E-state index contributed by atoms with van der Waals surface area (Å²) in [7, 11) is 0. The zero-order valence-corrected chi connectivity index (χ0v) is 32.4. The Morgan fingerprint density at radius 2 is 1.53 bits per heavy atom. The topological polar surface area (TPSA) is 168 Å². The van der Waals surface area contributed by atoms with Crippen molar-refractivity contribution < 1.29 is 46.6 Å². The second-order valence-electron chi connectivity index (χ2n) is 14.2. The van der Waals surface area contributed by atoms with E-state index in [1.807, 2.05) is 37.3 Å². The van der Waals surface area contributed by atoms with Gasteiger partial charge in [0.1, 0.15) is 11.9 Å². The van der Waals surface area contributed by atoms with Gasteiger partial charge in [0.05, 0.1) is 54.9 Å². The largest absolute Gasteiger partial charge is 0.416 e. The SMILES string of the molecule is C[C@H](NC(=O)c1ccc2c(-c3ccc(C(F)(F)F)cc3)cccc2c1)c1cccc(NCCOCCOCCNc2ccc3c(c2)C(=O)N(C2CCC(=O)NC2=O)C3=O)n1. The molecule has 310 valence electrons. The number of hydrogen-bond acceptors (Lipinski definition) is 10. The van der Waals surface area contributed by atoms with Gasteiger partial charge in [-0.25, -0.2) is 4.98 Å². The van der Waals surface area contributed by atoms with Crippen LogP contribution in [0.1, 0.15) is 68.1 Å². The number of ether oxygens (including phenoxy) is 2. The summed E-state index contributed by atoms with van der Waals surface area (Å²) in [5.41, 5.74) is 2.78. The zero-order valence-electron chi connectivity index (χ0n) is 32.4. The van der Waals surface area contributed by atoms with E-state index in [0.717, 1.165) is 33.4 Å². The van der Waals surface area contributed by atoms with Crippen LogP contribution in [0.5, 0.6) is 0 Å². The molecule has 2 aliphatic rings. The van der Waals surface area contributed by atoms with Crippen LogP contribution in [-0.2, 0) is 25.2 Å². The first-order valence-electron chi connectivity index (χ1n) is 19.3. The van der Waals surface area contributed by atoms with E-state index in [1.54, 1.807) is 42.5 Å². The van der Waals surface area contributed by atoms with Crippen LogP contribution in [0.25, 0.3) is 21.9 Å². The Kier molecular flexibility index (Phi) is 12.5. The molecule has 1 fully saturated rings. The lowest BCUT2D eigenvalue weighted by atomic mass is 9.96. The summed E-state index contributed by atoms with van der Waals surface area (Å²) in [6, 6.07) is 24.6. The van der Waals surface area contributed by atoms with Crippen LogP contribution in [0.15, 0.2) is 97.1 Å². The number of fused-ring (bicyclic) bond motifs is 2. The molecular formula is C44H41F3N6O7. The lowest BCUT2D eigenvalue weighted by molar-refractivity contribution is -0.138. The Balaban J connectivity index is 0.801. The smallest absolute Gasteiger partial charge is 0.383 e. The van der Waals surface area contributed by atoms with Crippen molar-refractivity contribution in [2.24, 2.45) is 0 Å². The minimum Gasteiger partial charge on any atom is -0.383 e. The molecule has 0 aliphatic carbocycles. The number of halogens is 3. The van der Waals surface area contributed by atoms with Gasteiger partial charge in [0.15, 0.2) is 0 Å². The number of hydrogen-bond donors (Lipinski definition) is 4. The fraction of sp³-hybridized carbons (Fsp3) is 0.273. The molecule has 1 unspecified atom stereocenters. The Morgan fingerprint density at radius 1 is 0.817 bits per heavy atom. The molecule has 4 aromatic carbocycles. The number of benzene rings is 4. The number of piperidine rings is 1. The number of rotatable bonds is 16. The average Bonchev–Trinajstić information content (AvgIpc) is 3.48. The van der Waals surface area contributed by atoms with Gasteiger partial charge < -0.3 is 25.4 Å². The normalized spacial score (nSPS) is 15.8. The maximum Gasteiger partial charge on any atom is 0.416 e. The van der Waals surface area contributed by atoms with Crippen molar-refractivity contribution in [1.82, 2.24) is 20.5 Å². The molecule has 16 heteroatoms. The number of pyridine rings is 1.